The van der Waals surface area contributed by atoms with Crippen LogP contribution in [0.5, 0.6) is 5.75 Å². The molecule has 1 unspecified atom stereocenters. The smallest absolute Gasteiger partial charge is 0.246 e. The lowest BCUT2D eigenvalue weighted by Crippen LogP contribution is -2.48. The number of nitrogens with zero attached hydrogens (tertiary/aromatic N) is 2. The van der Waals surface area contributed by atoms with Crippen molar-refractivity contribution in [2.75, 3.05) is 26.7 Å². The van der Waals surface area contributed by atoms with Gasteiger partial charge in [0.05, 0.1) is 13.2 Å². The second-order valence-electron chi connectivity index (χ2n) is 5.42. The maximum atomic E-state index is 14.3. The zero-order valence-corrected chi connectivity index (χ0v) is 15.2. The molecule has 1 aliphatic heterocycles. The Hall–Kier alpha value is -1.74. The number of rotatable bonds is 4. The highest BCUT2D eigenvalue weighted by Gasteiger charge is 2.36. The quantitative estimate of drug-likeness (QED) is 0.868. The molecule has 2 heterocycles. The van der Waals surface area contributed by atoms with E-state index in [4.69, 9.17) is 4.74 Å². The number of sulfonamides is 1. The number of pyridine rings is 1. The lowest BCUT2D eigenvalue weighted by Gasteiger charge is -2.35. The summed E-state index contributed by atoms with van der Waals surface area (Å²) >= 11 is 0. The van der Waals surface area contributed by atoms with Gasteiger partial charge < -0.3 is 10.1 Å². The number of halogens is 2. The highest BCUT2D eigenvalue weighted by molar-refractivity contribution is 7.89. The summed E-state index contributed by atoms with van der Waals surface area (Å²) in [6, 6.07) is 6.90. The van der Waals surface area contributed by atoms with Crippen LogP contribution in [0.2, 0.25) is 0 Å². The first-order chi connectivity index (χ1) is 11.5. The Labute approximate surface area is 152 Å². The first-order valence-corrected chi connectivity index (χ1v) is 8.94. The summed E-state index contributed by atoms with van der Waals surface area (Å²) in [7, 11) is -2.58. The Kier molecular flexibility index (Phi) is 6.34. The van der Waals surface area contributed by atoms with Crippen molar-refractivity contribution in [2.24, 2.45) is 0 Å². The molecule has 1 fully saturated rings. The van der Waals surface area contributed by atoms with Crippen LogP contribution in [-0.4, -0.2) is 44.5 Å². The third kappa shape index (κ3) is 3.92. The van der Waals surface area contributed by atoms with Crippen molar-refractivity contribution in [1.82, 2.24) is 14.6 Å². The molecule has 9 heteroatoms. The van der Waals surface area contributed by atoms with Crippen molar-refractivity contribution in [3.8, 4) is 5.75 Å². The van der Waals surface area contributed by atoms with Crippen LogP contribution in [0.25, 0.3) is 0 Å². The molecule has 0 saturated carbocycles. The van der Waals surface area contributed by atoms with Crippen molar-refractivity contribution in [1.29, 1.82) is 0 Å². The first kappa shape index (κ1) is 19.6. The minimum atomic E-state index is -3.98. The van der Waals surface area contributed by atoms with Gasteiger partial charge in [0.2, 0.25) is 10.0 Å². The topological polar surface area (TPSA) is 71.5 Å². The van der Waals surface area contributed by atoms with E-state index in [0.717, 1.165) is 11.6 Å². The summed E-state index contributed by atoms with van der Waals surface area (Å²) in [5.74, 6) is -0.548. The molecule has 1 N–H and O–H groups in total. The van der Waals surface area contributed by atoms with Crippen LogP contribution in [0, 0.1) is 5.82 Å². The van der Waals surface area contributed by atoms with E-state index < -0.39 is 21.9 Å². The number of benzene rings is 1. The van der Waals surface area contributed by atoms with Gasteiger partial charge >= 0.3 is 0 Å². The third-order valence-corrected chi connectivity index (χ3v) is 5.93. The largest absolute Gasteiger partial charge is 0.497 e. The molecule has 25 heavy (non-hydrogen) atoms. The number of hydrogen-bond acceptors (Lipinski definition) is 5. The average molecular weight is 388 g/mol. The molecule has 1 saturated heterocycles. The van der Waals surface area contributed by atoms with E-state index in [-0.39, 0.29) is 29.6 Å². The van der Waals surface area contributed by atoms with Gasteiger partial charge in [-0.3, -0.25) is 4.98 Å². The summed E-state index contributed by atoms with van der Waals surface area (Å²) < 4.78 is 46.5. The molecule has 1 atom stereocenters. The van der Waals surface area contributed by atoms with Gasteiger partial charge in [0.25, 0.3) is 0 Å². The molecule has 1 aliphatic rings. The molecule has 6 nitrogen and oxygen atoms in total. The van der Waals surface area contributed by atoms with Crippen LogP contribution in [0.4, 0.5) is 4.39 Å². The van der Waals surface area contributed by atoms with Gasteiger partial charge in [0, 0.05) is 38.1 Å². The standard InChI is InChI=1S/C16H18FN3O3S.ClH/c1-23-13-4-5-16(14(17)9-13)24(21,22)20-8-7-19-11-15(20)12-3-2-6-18-10-12;/h2-6,9-10,15,19H,7-8,11H2,1H3;1H. The van der Waals surface area contributed by atoms with Gasteiger partial charge in [-0.2, -0.15) is 4.31 Å². The van der Waals surface area contributed by atoms with E-state index in [1.807, 2.05) is 6.07 Å². The highest BCUT2D eigenvalue weighted by Crippen LogP contribution is 2.30. The van der Waals surface area contributed by atoms with Gasteiger partial charge in [-0.25, -0.2) is 12.8 Å². The van der Waals surface area contributed by atoms with Crippen LogP contribution in [0.1, 0.15) is 11.6 Å². The summed E-state index contributed by atoms with van der Waals surface area (Å²) in [4.78, 5) is 3.70. The number of nitrogens with one attached hydrogen (secondary N) is 1. The van der Waals surface area contributed by atoms with Crippen LogP contribution < -0.4 is 10.1 Å². The second kappa shape index (κ2) is 8.09. The van der Waals surface area contributed by atoms with Crippen LogP contribution >= 0.6 is 12.4 Å². The van der Waals surface area contributed by atoms with Crippen molar-refractivity contribution in [3.05, 3.63) is 54.1 Å². The molecular formula is C16H19ClFN3O3S. The minimum Gasteiger partial charge on any atom is -0.497 e. The van der Waals surface area contributed by atoms with E-state index in [2.05, 4.69) is 10.3 Å². The number of hydrogen-bond donors (Lipinski definition) is 1. The summed E-state index contributed by atoms with van der Waals surface area (Å²) in [6.07, 6.45) is 3.26. The van der Waals surface area contributed by atoms with Crippen LogP contribution in [-0.2, 0) is 10.0 Å². The van der Waals surface area contributed by atoms with Gasteiger partial charge in [-0.15, -0.1) is 12.4 Å². The number of ether oxygens (including phenoxy) is 1. The molecule has 0 aliphatic carbocycles. The Morgan fingerprint density at radius 3 is 2.80 bits per heavy atom. The SMILES string of the molecule is COc1ccc(S(=O)(=O)N2CCNCC2c2cccnc2)c(F)c1.Cl. The Morgan fingerprint density at radius 1 is 1.36 bits per heavy atom. The lowest BCUT2D eigenvalue weighted by atomic mass is 10.1. The van der Waals surface area contributed by atoms with Crippen molar-refractivity contribution >= 4 is 22.4 Å². The normalized spacial score (nSPS) is 18.4. The Balaban J connectivity index is 0.00000225. The first-order valence-electron chi connectivity index (χ1n) is 7.50. The fourth-order valence-electron chi connectivity index (χ4n) is 2.77. The predicted octanol–water partition coefficient (Wildman–Crippen LogP) is 1.99. The van der Waals surface area contributed by atoms with E-state index in [1.54, 1.807) is 18.5 Å². The average Bonchev–Trinajstić information content (AvgIpc) is 2.62. The molecule has 0 amide bonds. The van der Waals surface area contributed by atoms with E-state index in [9.17, 15) is 12.8 Å². The van der Waals surface area contributed by atoms with E-state index in [1.165, 1.54) is 23.5 Å². The minimum absolute atomic E-state index is 0. The summed E-state index contributed by atoms with van der Waals surface area (Å²) in [5, 5.41) is 3.17. The molecule has 3 rings (SSSR count). The Morgan fingerprint density at radius 2 is 2.16 bits per heavy atom. The summed E-state index contributed by atoms with van der Waals surface area (Å²) in [6.45, 7) is 1.21. The number of aromatic nitrogens is 1. The molecule has 136 valence electrons. The van der Waals surface area contributed by atoms with Crippen LogP contribution in [0.3, 0.4) is 0 Å². The maximum absolute atomic E-state index is 14.3. The maximum Gasteiger partial charge on any atom is 0.246 e. The van der Waals surface area contributed by atoms with Crippen LogP contribution in [0.15, 0.2) is 47.6 Å². The molecule has 2 aromatic rings. The van der Waals surface area contributed by atoms with Crippen molar-refractivity contribution in [3.63, 3.8) is 0 Å². The Bertz CT molecular complexity index is 821. The second-order valence-corrected chi connectivity index (χ2v) is 7.28. The molecule has 1 aromatic heterocycles. The molecule has 1 aromatic carbocycles. The monoisotopic (exact) mass is 387 g/mol. The van der Waals surface area contributed by atoms with E-state index in [0.29, 0.717) is 13.1 Å². The van der Waals surface area contributed by atoms with Gasteiger partial charge in [0.15, 0.2) is 0 Å². The molecule has 0 radical (unpaired) electrons. The fraction of sp³-hybridized carbons (Fsp3) is 0.312. The lowest BCUT2D eigenvalue weighted by molar-refractivity contribution is 0.270. The van der Waals surface area contributed by atoms with Gasteiger partial charge in [-0.05, 0) is 23.8 Å². The number of piperazine rings is 1. The zero-order valence-electron chi connectivity index (χ0n) is 13.6. The molecular weight excluding hydrogens is 369 g/mol. The van der Waals surface area contributed by atoms with Gasteiger partial charge in [0.1, 0.15) is 16.5 Å². The van der Waals surface area contributed by atoms with Gasteiger partial charge in [-0.1, -0.05) is 6.07 Å². The number of methoxy groups -OCH3 is 1. The van der Waals surface area contributed by atoms with Crippen molar-refractivity contribution in [2.45, 2.75) is 10.9 Å². The van der Waals surface area contributed by atoms with E-state index >= 15 is 0 Å². The summed E-state index contributed by atoms with van der Waals surface area (Å²) in [5.41, 5.74) is 0.766. The fourth-order valence-corrected chi connectivity index (χ4v) is 4.44. The zero-order chi connectivity index (χ0) is 17.2. The third-order valence-electron chi connectivity index (χ3n) is 3.99. The highest BCUT2D eigenvalue weighted by atomic mass is 35.5. The predicted molar refractivity (Wildman–Crippen MR) is 93.9 cm³/mol. The molecule has 0 spiro atoms. The van der Waals surface area contributed by atoms with Crippen molar-refractivity contribution < 1.29 is 17.5 Å². The molecule has 0 bridgehead atoms.